The smallest absolute Gasteiger partial charge is 0.0610 e. The van der Waals surface area contributed by atoms with Crippen LogP contribution in [-0.2, 0) is 6.42 Å². The number of hydrogen-bond donors (Lipinski definition) is 2. The van der Waals surface area contributed by atoms with Gasteiger partial charge in [-0.05, 0) is 38.4 Å². The van der Waals surface area contributed by atoms with E-state index >= 15 is 0 Å². The van der Waals surface area contributed by atoms with E-state index in [0.29, 0.717) is 0 Å². The Bertz CT molecular complexity index is 310. The highest BCUT2D eigenvalue weighted by Gasteiger charge is 2.01. The minimum absolute atomic E-state index is 0.727. The van der Waals surface area contributed by atoms with Crippen LogP contribution in [0.1, 0.15) is 16.7 Å². The number of nitrogens with one attached hydrogen (secondary N) is 1. The molecule has 3 heteroatoms. The fourth-order valence-corrected chi connectivity index (χ4v) is 1.67. The number of hydrogen-bond acceptors (Lipinski definition) is 3. The van der Waals surface area contributed by atoms with Gasteiger partial charge in [0.2, 0.25) is 0 Å². The van der Waals surface area contributed by atoms with E-state index in [0.717, 1.165) is 19.6 Å². The van der Waals surface area contributed by atoms with Crippen molar-refractivity contribution in [2.75, 3.05) is 20.3 Å². The maximum Gasteiger partial charge on any atom is 0.0610 e. The lowest BCUT2D eigenvalue weighted by atomic mass is 10.0. The second-order valence-corrected chi connectivity index (χ2v) is 4.12. The van der Waals surface area contributed by atoms with E-state index in [1.807, 2.05) is 0 Å². The van der Waals surface area contributed by atoms with Gasteiger partial charge in [0.15, 0.2) is 0 Å². The van der Waals surface area contributed by atoms with Gasteiger partial charge in [-0.15, -0.1) is 0 Å². The van der Waals surface area contributed by atoms with Crippen LogP contribution in [0.5, 0.6) is 0 Å². The molecule has 0 amide bonds. The summed E-state index contributed by atoms with van der Waals surface area (Å²) in [5.74, 6) is 5.26. The first-order chi connectivity index (χ1) is 7.13. The SMILES string of the molecule is Cc1ccc(CCN(C)CNN)c(C)c1. The van der Waals surface area contributed by atoms with Crippen LogP contribution >= 0.6 is 0 Å². The molecule has 0 radical (unpaired) electrons. The van der Waals surface area contributed by atoms with Crippen LogP contribution in [0.25, 0.3) is 0 Å². The standard InChI is InChI=1S/C12H21N3/c1-10-4-5-12(11(2)8-10)6-7-15(3)9-14-13/h4-5,8,14H,6-7,9,13H2,1-3H3. The molecular weight excluding hydrogens is 186 g/mol. The maximum absolute atomic E-state index is 5.26. The summed E-state index contributed by atoms with van der Waals surface area (Å²) in [7, 11) is 2.06. The Labute approximate surface area is 92.2 Å². The highest BCUT2D eigenvalue weighted by Crippen LogP contribution is 2.11. The quantitative estimate of drug-likeness (QED) is 0.433. The average molecular weight is 207 g/mol. The topological polar surface area (TPSA) is 41.3 Å². The molecule has 15 heavy (non-hydrogen) atoms. The van der Waals surface area contributed by atoms with Crippen molar-refractivity contribution in [3.05, 3.63) is 34.9 Å². The van der Waals surface area contributed by atoms with Crippen molar-refractivity contribution in [2.45, 2.75) is 20.3 Å². The second-order valence-electron chi connectivity index (χ2n) is 4.12. The third-order valence-corrected chi connectivity index (χ3v) is 2.62. The van der Waals surface area contributed by atoms with Gasteiger partial charge in [-0.3, -0.25) is 10.7 Å². The number of nitrogens with zero attached hydrogens (tertiary/aromatic N) is 1. The van der Waals surface area contributed by atoms with Gasteiger partial charge >= 0.3 is 0 Å². The zero-order valence-electron chi connectivity index (χ0n) is 9.88. The molecule has 0 spiro atoms. The number of aryl methyl sites for hydroxylation is 2. The van der Waals surface area contributed by atoms with Crippen LogP contribution in [0.3, 0.4) is 0 Å². The molecule has 0 saturated carbocycles. The molecule has 84 valence electrons. The number of nitrogens with two attached hydrogens (primary N) is 1. The Hall–Kier alpha value is -0.900. The maximum atomic E-state index is 5.26. The second kappa shape index (κ2) is 5.85. The third-order valence-electron chi connectivity index (χ3n) is 2.62. The zero-order chi connectivity index (χ0) is 11.3. The number of rotatable bonds is 5. The Morgan fingerprint density at radius 1 is 1.33 bits per heavy atom. The fourth-order valence-electron chi connectivity index (χ4n) is 1.67. The minimum Gasteiger partial charge on any atom is -0.292 e. The van der Waals surface area contributed by atoms with Crippen molar-refractivity contribution in [1.29, 1.82) is 0 Å². The summed E-state index contributed by atoms with van der Waals surface area (Å²) in [4.78, 5) is 2.17. The predicted octanol–water partition coefficient (Wildman–Crippen LogP) is 1.20. The van der Waals surface area contributed by atoms with E-state index in [2.05, 4.69) is 49.4 Å². The average Bonchev–Trinajstić information content (AvgIpc) is 2.17. The molecule has 1 aromatic rings. The molecule has 0 unspecified atom stereocenters. The monoisotopic (exact) mass is 207 g/mol. The Balaban J connectivity index is 2.50. The van der Waals surface area contributed by atoms with Crippen molar-refractivity contribution in [3.63, 3.8) is 0 Å². The lowest BCUT2D eigenvalue weighted by Gasteiger charge is -2.16. The summed E-state index contributed by atoms with van der Waals surface area (Å²) in [5, 5.41) is 0. The van der Waals surface area contributed by atoms with Crippen LogP contribution in [0.15, 0.2) is 18.2 Å². The van der Waals surface area contributed by atoms with Crippen molar-refractivity contribution >= 4 is 0 Å². The minimum atomic E-state index is 0.727. The van der Waals surface area contributed by atoms with Crippen molar-refractivity contribution in [3.8, 4) is 0 Å². The molecule has 0 aliphatic rings. The van der Waals surface area contributed by atoms with E-state index < -0.39 is 0 Å². The lowest BCUT2D eigenvalue weighted by Crippen LogP contribution is -2.36. The largest absolute Gasteiger partial charge is 0.292 e. The van der Waals surface area contributed by atoms with Crippen LogP contribution in [0, 0.1) is 13.8 Å². The molecule has 1 rings (SSSR count). The Kier molecular flexibility index (Phi) is 4.75. The molecule has 0 bridgehead atoms. The van der Waals surface area contributed by atoms with Crippen LogP contribution < -0.4 is 11.3 Å². The number of hydrazine groups is 1. The van der Waals surface area contributed by atoms with Crippen molar-refractivity contribution in [1.82, 2.24) is 10.3 Å². The summed E-state index contributed by atoms with van der Waals surface area (Å²) < 4.78 is 0. The summed E-state index contributed by atoms with van der Waals surface area (Å²) in [6.45, 7) is 6.05. The van der Waals surface area contributed by atoms with Crippen molar-refractivity contribution in [2.24, 2.45) is 5.84 Å². The zero-order valence-corrected chi connectivity index (χ0v) is 9.88. The van der Waals surface area contributed by atoms with Gasteiger partial charge in [-0.25, -0.2) is 5.43 Å². The van der Waals surface area contributed by atoms with Crippen LogP contribution in [-0.4, -0.2) is 25.2 Å². The lowest BCUT2D eigenvalue weighted by molar-refractivity contribution is 0.312. The fraction of sp³-hybridized carbons (Fsp3) is 0.500. The van der Waals surface area contributed by atoms with Crippen molar-refractivity contribution < 1.29 is 0 Å². The molecule has 0 heterocycles. The Morgan fingerprint density at radius 3 is 2.67 bits per heavy atom. The molecule has 0 aromatic heterocycles. The molecule has 0 fully saturated rings. The molecule has 0 saturated heterocycles. The third kappa shape index (κ3) is 4.00. The number of benzene rings is 1. The van der Waals surface area contributed by atoms with Crippen LogP contribution in [0.4, 0.5) is 0 Å². The first-order valence-corrected chi connectivity index (χ1v) is 5.31. The predicted molar refractivity (Wildman–Crippen MR) is 64.4 cm³/mol. The van der Waals surface area contributed by atoms with Gasteiger partial charge < -0.3 is 0 Å². The normalized spacial score (nSPS) is 11.0. The molecule has 0 aliphatic heterocycles. The van der Waals surface area contributed by atoms with E-state index in [4.69, 9.17) is 5.84 Å². The van der Waals surface area contributed by atoms with Gasteiger partial charge in [0, 0.05) is 6.54 Å². The molecule has 3 N–H and O–H groups in total. The van der Waals surface area contributed by atoms with Gasteiger partial charge in [0.1, 0.15) is 0 Å². The first kappa shape index (κ1) is 12.2. The molecule has 0 atom stereocenters. The molecule has 3 nitrogen and oxygen atoms in total. The summed E-state index contributed by atoms with van der Waals surface area (Å²) in [5.41, 5.74) is 6.78. The molecule has 0 aliphatic carbocycles. The molecule has 1 aromatic carbocycles. The summed E-state index contributed by atoms with van der Waals surface area (Å²) in [6, 6.07) is 6.62. The van der Waals surface area contributed by atoms with E-state index in [1.165, 1.54) is 16.7 Å². The van der Waals surface area contributed by atoms with Crippen LogP contribution in [0.2, 0.25) is 0 Å². The highest BCUT2D eigenvalue weighted by atomic mass is 15.3. The summed E-state index contributed by atoms with van der Waals surface area (Å²) in [6.07, 6.45) is 1.07. The van der Waals surface area contributed by atoms with E-state index in [9.17, 15) is 0 Å². The van der Waals surface area contributed by atoms with Gasteiger partial charge in [-0.1, -0.05) is 23.8 Å². The molecular formula is C12H21N3. The van der Waals surface area contributed by atoms with E-state index in [1.54, 1.807) is 0 Å². The highest BCUT2D eigenvalue weighted by molar-refractivity contribution is 5.30. The van der Waals surface area contributed by atoms with Gasteiger partial charge in [-0.2, -0.15) is 0 Å². The first-order valence-electron chi connectivity index (χ1n) is 5.31. The Morgan fingerprint density at radius 2 is 2.07 bits per heavy atom. The van der Waals surface area contributed by atoms with E-state index in [-0.39, 0.29) is 0 Å². The van der Waals surface area contributed by atoms with Gasteiger partial charge in [0.05, 0.1) is 6.67 Å². The van der Waals surface area contributed by atoms with Gasteiger partial charge in [0.25, 0.3) is 0 Å². The summed E-state index contributed by atoms with van der Waals surface area (Å²) >= 11 is 0. The number of likely N-dealkylation sites (N-methyl/N-ethyl adjacent to an activating group) is 1.